The zero-order valence-corrected chi connectivity index (χ0v) is 13.9. The minimum absolute atomic E-state index is 0.0385. The Morgan fingerprint density at radius 1 is 0.957 bits per heavy atom. The first-order valence-electron chi connectivity index (χ1n) is 7.46. The monoisotopic (exact) mass is 311 g/mol. The quantitative estimate of drug-likeness (QED) is 0.810. The number of carbonyl (C=O) groups excluding carboxylic acids is 2. The van der Waals surface area contributed by atoms with Crippen LogP contribution >= 0.6 is 0 Å². The van der Waals surface area contributed by atoms with Crippen molar-refractivity contribution in [2.24, 2.45) is 0 Å². The Morgan fingerprint density at radius 2 is 1.48 bits per heavy atom. The summed E-state index contributed by atoms with van der Waals surface area (Å²) in [7, 11) is 3.11. The van der Waals surface area contributed by atoms with Crippen LogP contribution in [-0.4, -0.2) is 30.9 Å². The van der Waals surface area contributed by atoms with Crippen molar-refractivity contribution in [2.75, 3.05) is 14.2 Å². The molecular weight excluding hydrogens is 290 g/mol. The standard InChI is InChI=1S/C19H21NO3/c1-13-5-7-15(8-6-13)14(2)20(3)18(21)16-9-11-17(12-10-16)19(22)23-4/h5-12,14H,1-4H3. The molecule has 0 fully saturated rings. The highest BCUT2D eigenvalue weighted by Crippen LogP contribution is 2.21. The topological polar surface area (TPSA) is 46.6 Å². The second-order valence-corrected chi connectivity index (χ2v) is 5.57. The third-order valence-electron chi connectivity index (χ3n) is 4.01. The number of nitrogens with zero attached hydrogens (tertiary/aromatic N) is 1. The molecule has 0 heterocycles. The highest BCUT2D eigenvalue weighted by molar-refractivity contribution is 5.96. The zero-order chi connectivity index (χ0) is 17.0. The van der Waals surface area contributed by atoms with Crippen LogP contribution in [-0.2, 0) is 4.74 Å². The van der Waals surface area contributed by atoms with Crippen molar-refractivity contribution >= 4 is 11.9 Å². The molecule has 0 N–H and O–H groups in total. The smallest absolute Gasteiger partial charge is 0.337 e. The van der Waals surface area contributed by atoms with Crippen LogP contribution < -0.4 is 0 Å². The summed E-state index contributed by atoms with van der Waals surface area (Å²) in [5.41, 5.74) is 3.24. The van der Waals surface area contributed by atoms with E-state index in [2.05, 4.69) is 4.74 Å². The van der Waals surface area contributed by atoms with Gasteiger partial charge >= 0.3 is 5.97 Å². The maximum atomic E-state index is 12.6. The van der Waals surface area contributed by atoms with E-state index in [9.17, 15) is 9.59 Å². The minimum atomic E-state index is -0.412. The molecule has 2 rings (SSSR count). The van der Waals surface area contributed by atoms with Gasteiger partial charge < -0.3 is 9.64 Å². The lowest BCUT2D eigenvalue weighted by Crippen LogP contribution is -2.29. The molecule has 1 atom stereocenters. The summed E-state index contributed by atoms with van der Waals surface area (Å²) in [5, 5.41) is 0. The third-order valence-corrected chi connectivity index (χ3v) is 4.01. The number of esters is 1. The Balaban J connectivity index is 2.15. The second kappa shape index (κ2) is 7.09. The van der Waals surface area contributed by atoms with Crippen LogP contribution in [0.15, 0.2) is 48.5 Å². The first-order valence-corrected chi connectivity index (χ1v) is 7.46. The average Bonchev–Trinajstić information content (AvgIpc) is 2.60. The van der Waals surface area contributed by atoms with Crippen LogP contribution in [0.25, 0.3) is 0 Å². The first-order chi connectivity index (χ1) is 10.9. The van der Waals surface area contributed by atoms with Crippen molar-refractivity contribution in [3.05, 3.63) is 70.8 Å². The van der Waals surface area contributed by atoms with Gasteiger partial charge in [0.1, 0.15) is 0 Å². The van der Waals surface area contributed by atoms with E-state index in [4.69, 9.17) is 0 Å². The SMILES string of the molecule is COC(=O)c1ccc(C(=O)N(C)C(C)c2ccc(C)cc2)cc1. The molecule has 0 bridgehead atoms. The van der Waals surface area contributed by atoms with Gasteiger partial charge in [0, 0.05) is 12.6 Å². The highest BCUT2D eigenvalue weighted by atomic mass is 16.5. The Hall–Kier alpha value is -2.62. The molecule has 0 radical (unpaired) electrons. The maximum absolute atomic E-state index is 12.6. The molecule has 0 spiro atoms. The largest absolute Gasteiger partial charge is 0.465 e. The molecule has 0 saturated carbocycles. The van der Waals surface area contributed by atoms with Crippen molar-refractivity contribution < 1.29 is 14.3 Å². The average molecular weight is 311 g/mol. The van der Waals surface area contributed by atoms with Gasteiger partial charge in [0.2, 0.25) is 0 Å². The van der Waals surface area contributed by atoms with Gasteiger partial charge in [0.15, 0.2) is 0 Å². The summed E-state index contributed by atoms with van der Waals surface area (Å²) >= 11 is 0. The third kappa shape index (κ3) is 3.77. The number of methoxy groups -OCH3 is 1. The number of hydrogen-bond acceptors (Lipinski definition) is 3. The van der Waals surface area contributed by atoms with E-state index in [1.165, 1.54) is 12.7 Å². The van der Waals surface area contributed by atoms with Crippen molar-refractivity contribution in [1.29, 1.82) is 0 Å². The van der Waals surface area contributed by atoms with Gasteiger partial charge in [-0.25, -0.2) is 4.79 Å². The lowest BCUT2D eigenvalue weighted by Gasteiger charge is -2.25. The van der Waals surface area contributed by atoms with Gasteiger partial charge in [0.25, 0.3) is 5.91 Å². The summed E-state index contributed by atoms with van der Waals surface area (Å²) in [6, 6.07) is 14.6. The van der Waals surface area contributed by atoms with Crippen LogP contribution in [0.1, 0.15) is 44.8 Å². The maximum Gasteiger partial charge on any atom is 0.337 e. The van der Waals surface area contributed by atoms with E-state index >= 15 is 0 Å². The highest BCUT2D eigenvalue weighted by Gasteiger charge is 2.19. The van der Waals surface area contributed by atoms with Crippen LogP contribution in [0.2, 0.25) is 0 Å². The molecule has 0 aliphatic rings. The number of hydrogen-bond donors (Lipinski definition) is 0. The molecule has 0 aromatic heterocycles. The molecule has 1 unspecified atom stereocenters. The van der Waals surface area contributed by atoms with E-state index in [-0.39, 0.29) is 11.9 Å². The van der Waals surface area contributed by atoms with E-state index < -0.39 is 5.97 Å². The normalized spacial score (nSPS) is 11.7. The molecule has 23 heavy (non-hydrogen) atoms. The fourth-order valence-electron chi connectivity index (χ4n) is 2.31. The lowest BCUT2D eigenvalue weighted by atomic mass is 10.0. The lowest BCUT2D eigenvalue weighted by molar-refractivity contribution is 0.0599. The Morgan fingerprint density at radius 3 is 2.00 bits per heavy atom. The minimum Gasteiger partial charge on any atom is -0.465 e. The number of ether oxygens (including phenoxy) is 1. The van der Waals surface area contributed by atoms with E-state index in [1.807, 2.05) is 38.1 Å². The molecule has 4 heteroatoms. The predicted octanol–water partition coefficient (Wildman–Crippen LogP) is 3.61. The van der Waals surface area contributed by atoms with Crippen molar-refractivity contribution in [1.82, 2.24) is 4.90 Å². The molecule has 0 aliphatic heterocycles. The predicted molar refractivity (Wildman–Crippen MR) is 89.5 cm³/mol. The number of carbonyl (C=O) groups is 2. The van der Waals surface area contributed by atoms with Crippen LogP contribution in [0, 0.1) is 6.92 Å². The van der Waals surface area contributed by atoms with E-state index in [1.54, 1.807) is 36.2 Å². The Kier molecular flexibility index (Phi) is 5.16. The van der Waals surface area contributed by atoms with E-state index in [0.717, 1.165) is 5.56 Å². The van der Waals surface area contributed by atoms with Gasteiger partial charge in [-0.15, -0.1) is 0 Å². The number of amides is 1. The van der Waals surface area contributed by atoms with Crippen LogP contribution in [0.4, 0.5) is 0 Å². The zero-order valence-electron chi connectivity index (χ0n) is 13.9. The molecule has 1 amide bonds. The second-order valence-electron chi connectivity index (χ2n) is 5.57. The van der Waals surface area contributed by atoms with Gasteiger partial charge in [-0.2, -0.15) is 0 Å². The fourth-order valence-corrected chi connectivity index (χ4v) is 2.31. The fraction of sp³-hybridized carbons (Fsp3) is 0.263. The molecule has 2 aromatic rings. The van der Waals surface area contributed by atoms with Gasteiger partial charge in [-0.1, -0.05) is 29.8 Å². The molecular formula is C19H21NO3. The number of benzene rings is 2. The summed E-state index contributed by atoms with van der Waals surface area (Å²) < 4.78 is 4.66. The number of aryl methyl sites for hydroxylation is 1. The van der Waals surface area contributed by atoms with Crippen molar-refractivity contribution in [3.8, 4) is 0 Å². The molecule has 120 valence electrons. The van der Waals surface area contributed by atoms with Gasteiger partial charge in [-0.05, 0) is 43.7 Å². The summed E-state index contributed by atoms with van der Waals surface area (Å²) in [6.07, 6.45) is 0. The van der Waals surface area contributed by atoms with Crippen LogP contribution in [0.3, 0.4) is 0 Å². The van der Waals surface area contributed by atoms with Gasteiger partial charge in [0.05, 0.1) is 18.7 Å². The molecule has 4 nitrogen and oxygen atoms in total. The summed E-state index contributed by atoms with van der Waals surface area (Å²) in [5.74, 6) is -0.500. The summed E-state index contributed by atoms with van der Waals surface area (Å²) in [6.45, 7) is 4.03. The molecule has 0 saturated heterocycles. The summed E-state index contributed by atoms with van der Waals surface area (Å²) in [4.78, 5) is 25.7. The Bertz CT molecular complexity index is 690. The number of rotatable bonds is 4. The molecule has 2 aromatic carbocycles. The van der Waals surface area contributed by atoms with Crippen LogP contribution in [0.5, 0.6) is 0 Å². The van der Waals surface area contributed by atoms with E-state index in [0.29, 0.717) is 11.1 Å². The first kappa shape index (κ1) is 16.7. The van der Waals surface area contributed by atoms with Crippen molar-refractivity contribution in [2.45, 2.75) is 19.9 Å². The Labute approximate surface area is 136 Å². The molecule has 0 aliphatic carbocycles. The van der Waals surface area contributed by atoms with Crippen molar-refractivity contribution in [3.63, 3.8) is 0 Å². The van der Waals surface area contributed by atoms with Gasteiger partial charge in [-0.3, -0.25) is 4.79 Å².